The second-order valence-corrected chi connectivity index (χ2v) is 20.3. The summed E-state index contributed by atoms with van der Waals surface area (Å²) in [5.74, 6) is 0. The van der Waals surface area contributed by atoms with Crippen LogP contribution in [0.4, 0.5) is 34.1 Å². The van der Waals surface area contributed by atoms with E-state index in [0.29, 0.717) is 0 Å². The van der Waals surface area contributed by atoms with Crippen LogP contribution >= 0.6 is 11.3 Å². The fraction of sp³-hybridized carbons (Fsp3) is 0.0448. The molecule has 0 spiro atoms. The van der Waals surface area contributed by atoms with E-state index >= 15 is 0 Å². The van der Waals surface area contributed by atoms with Gasteiger partial charge in [-0.2, -0.15) is 0 Å². The van der Waals surface area contributed by atoms with Crippen molar-refractivity contribution in [2.45, 2.75) is 19.3 Å². The van der Waals surface area contributed by atoms with E-state index < -0.39 is 0 Å². The Hall–Kier alpha value is -8.50. The maximum Gasteiger partial charge on any atom is 0.0540 e. The maximum absolute atomic E-state index is 2.52. The summed E-state index contributed by atoms with van der Waals surface area (Å²) >= 11 is 1.89. The second kappa shape index (κ2) is 15.8. The van der Waals surface area contributed by atoms with Gasteiger partial charge in [0.2, 0.25) is 0 Å². The summed E-state index contributed by atoms with van der Waals surface area (Å²) in [7, 11) is 0. The minimum absolute atomic E-state index is 0.283. The number of rotatable bonds is 7. The SMILES string of the molecule is CC1(C)c2cc(N(c3ccccc3)c3ccccc3)ccc2-c2ccc(N(c3ccc4c5ccccc5c5ccccc5c4c3)c3ccc(-c4cccc5c4sc4ccccc45)c4ccccc34)cc21. The van der Waals surface area contributed by atoms with Crippen molar-refractivity contribution in [2.24, 2.45) is 0 Å². The second-order valence-electron chi connectivity index (χ2n) is 19.2. The fourth-order valence-electron chi connectivity index (χ4n) is 11.7. The molecule has 0 radical (unpaired) electrons. The first kappa shape index (κ1) is 40.6. The van der Waals surface area contributed by atoms with Gasteiger partial charge in [0, 0.05) is 65.0 Å². The lowest BCUT2D eigenvalue weighted by atomic mass is 9.82. The molecule has 0 unspecified atom stereocenters. The number of hydrogen-bond acceptors (Lipinski definition) is 3. The van der Waals surface area contributed by atoms with Crippen LogP contribution in [0.25, 0.3) is 85.5 Å². The third-order valence-electron chi connectivity index (χ3n) is 15.0. The number of anilines is 6. The molecule has 0 fully saturated rings. The lowest BCUT2D eigenvalue weighted by molar-refractivity contribution is 0.660. The molecule has 0 aliphatic heterocycles. The van der Waals surface area contributed by atoms with Crippen molar-refractivity contribution in [2.75, 3.05) is 9.80 Å². The zero-order valence-corrected chi connectivity index (χ0v) is 39.7. The van der Waals surface area contributed by atoms with Crippen molar-refractivity contribution in [3.05, 3.63) is 254 Å². The summed E-state index contributed by atoms with van der Waals surface area (Å²) in [4.78, 5) is 4.89. The van der Waals surface area contributed by atoms with Gasteiger partial charge in [0.1, 0.15) is 0 Å². The van der Waals surface area contributed by atoms with E-state index in [1.54, 1.807) is 0 Å². The molecule has 0 saturated heterocycles. The van der Waals surface area contributed by atoms with Crippen LogP contribution in [-0.2, 0) is 5.41 Å². The Morgan fingerprint density at radius 3 is 1.37 bits per heavy atom. The highest BCUT2D eigenvalue weighted by molar-refractivity contribution is 7.26. The Kier molecular flexibility index (Phi) is 9.14. The Balaban J connectivity index is 0.974. The van der Waals surface area contributed by atoms with Crippen LogP contribution in [0.2, 0.25) is 0 Å². The van der Waals surface area contributed by atoms with Crippen LogP contribution in [-0.4, -0.2) is 0 Å². The predicted molar refractivity (Wildman–Crippen MR) is 302 cm³/mol. The summed E-state index contributed by atoms with van der Waals surface area (Å²) in [6.45, 7) is 4.80. The number of benzene rings is 12. The van der Waals surface area contributed by atoms with Crippen molar-refractivity contribution in [1.82, 2.24) is 0 Å². The summed E-state index contributed by atoms with van der Waals surface area (Å²) in [6, 6.07) is 89.9. The van der Waals surface area contributed by atoms with Crippen molar-refractivity contribution >= 4 is 109 Å². The Bertz CT molecular complexity index is 4150. The van der Waals surface area contributed by atoms with Crippen LogP contribution in [0.3, 0.4) is 0 Å². The molecule has 2 nitrogen and oxygen atoms in total. The number of para-hydroxylation sites is 2. The zero-order valence-electron chi connectivity index (χ0n) is 38.9. The van der Waals surface area contributed by atoms with E-state index in [-0.39, 0.29) is 5.41 Å². The molecule has 0 saturated carbocycles. The van der Waals surface area contributed by atoms with Crippen molar-refractivity contribution in [3.63, 3.8) is 0 Å². The minimum atomic E-state index is -0.283. The van der Waals surface area contributed by atoms with Crippen LogP contribution in [0.1, 0.15) is 25.0 Å². The van der Waals surface area contributed by atoms with Crippen molar-refractivity contribution in [1.29, 1.82) is 0 Å². The third kappa shape index (κ3) is 6.18. The average Bonchev–Trinajstić information content (AvgIpc) is 3.91. The van der Waals surface area contributed by atoms with Crippen LogP contribution in [0.15, 0.2) is 243 Å². The molecule has 1 heterocycles. The fourth-order valence-corrected chi connectivity index (χ4v) is 13.0. The van der Waals surface area contributed by atoms with Crippen molar-refractivity contribution in [3.8, 4) is 22.3 Å². The minimum Gasteiger partial charge on any atom is -0.310 e. The van der Waals surface area contributed by atoms with E-state index in [1.165, 1.54) is 96.6 Å². The van der Waals surface area contributed by atoms with E-state index in [4.69, 9.17) is 0 Å². The monoisotopic (exact) mass is 910 g/mol. The number of nitrogens with zero attached hydrogens (tertiary/aromatic N) is 2. The molecular formula is C67H46N2S. The van der Waals surface area contributed by atoms with Gasteiger partial charge in [-0.15, -0.1) is 11.3 Å². The van der Waals surface area contributed by atoms with Gasteiger partial charge in [-0.05, 0) is 138 Å². The molecule has 0 amide bonds. The van der Waals surface area contributed by atoms with E-state index in [1.807, 2.05) is 11.3 Å². The molecule has 12 aromatic carbocycles. The van der Waals surface area contributed by atoms with Crippen LogP contribution in [0, 0.1) is 0 Å². The summed E-state index contributed by atoms with van der Waals surface area (Å²) in [6.07, 6.45) is 0. The molecule has 14 rings (SSSR count). The van der Waals surface area contributed by atoms with Crippen LogP contribution < -0.4 is 9.80 Å². The Morgan fingerprint density at radius 1 is 0.286 bits per heavy atom. The lowest BCUT2D eigenvalue weighted by Crippen LogP contribution is -2.17. The van der Waals surface area contributed by atoms with Gasteiger partial charge in [0.25, 0.3) is 0 Å². The van der Waals surface area contributed by atoms with E-state index in [0.717, 1.165) is 34.1 Å². The Morgan fingerprint density at radius 2 is 0.743 bits per heavy atom. The van der Waals surface area contributed by atoms with Gasteiger partial charge >= 0.3 is 0 Å². The van der Waals surface area contributed by atoms with Gasteiger partial charge in [0.05, 0.1) is 5.69 Å². The quantitative estimate of drug-likeness (QED) is 0.147. The summed E-state index contributed by atoms with van der Waals surface area (Å²) in [5.41, 5.74) is 14.3. The highest BCUT2D eigenvalue weighted by Gasteiger charge is 2.37. The molecule has 70 heavy (non-hydrogen) atoms. The van der Waals surface area contributed by atoms with E-state index in [9.17, 15) is 0 Å². The molecule has 0 bridgehead atoms. The lowest BCUT2D eigenvalue weighted by Gasteiger charge is -2.30. The largest absolute Gasteiger partial charge is 0.310 e. The first-order chi connectivity index (χ1) is 34.5. The van der Waals surface area contributed by atoms with Gasteiger partial charge in [-0.1, -0.05) is 184 Å². The molecule has 1 aromatic heterocycles. The molecule has 13 aromatic rings. The van der Waals surface area contributed by atoms with Gasteiger partial charge in [-0.25, -0.2) is 0 Å². The topological polar surface area (TPSA) is 6.48 Å². The van der Waals surface area contributed by atoms with E-state index in [2.05, 4.69) is 266 Å². The van der Waals surface area contributed by atoms with Gasteiger partial charge in [-0.3, -0.25) is 0 Å². The molecular weight excluding hydrogens is 865 g/mol. The average molecular weight is 911 g/mol. The smallest absolute Gasteiger partial charge is 0.0540 e. The summed E-state index contributed by atoms with van der Waals surface area (Å²) < 4.78 is 2.64. The van der Waals surface area contributed by atoms with Crippen LogP contribution in [0.5, 0.6) is 0 Å². The highest BCUT2D eigenvalue weighted by Crippen LogP contribution is 2.54. The molecule has 0 N–H and O–H groups in total. The normalized spacial score (nSPS) is 12.8. The number of fused-ring (bicyclic) bond motifs is 13. The molecule has 1 aliphatic rings. The molecule has 330 valence electrons. The maximum atomic E-state index is 2.52. The highest BCUT2D eigenvalue weighted by atomic mass is 32.1. The van der Waals surface area contributed by atoms with Crippen molar-refractivity contribution < 1.29 is 0 Å². The predicted octanol–water partition coefficient (Wildman–Crippen LogP) is 19.6. The van der Waals surface area contributed by atoms with Gasteiger partial charge in [0.15, 0.2) is 0 Å². The summed E-state index contributed by atoms with van der Waals surface area (Å²) in [5, 5.41) is 12.7. The molecule has 3 heteroatoms. The van der Waals surface area contributed by atoms with Gasteiger partial charge < -0.3 is 9.80 Å². The number of hydrogen-bond donors (Lipinski definition) is 0. The standard InChI is InChI=1S/C67H46N2S/c1-67(2)62-41-46(68(43-18-5-3-6-19-43)44-20-7-4-8-21-44)33-36-55(62)56-37-34-47(42-63(56)67)69(45-32-35-54-50-24-10-9-22-48(50)49-23-11-12-26-52(49)61(54)40-45)64-39-38-53(51-25-13-14-27-57(51)64)59-29-17-30-60-58-28-15-16-31-65(58)70-66(59)60/h3-42H,1-2H3. The molecule has 0 atom stereocenters. The number of thiophene rings is 1. The first-order valence-corrected chi connectivity index (χ1v) is 25.1. The molecule has 1 aliphatic carbocycles. The first-order valence-electron chi connectivity index (χ1n) is 24.2. The zero-order chi connectivity index (χ0) is 46.5. The Labute approximate surface area is 411 Å². The third-order valence-corrected chi connectivity index (χ3v) is 16.2.